The van der Waals surface area contributed by atoms with E-state index in [4.69, 9.17) is 4.74 Å². The third kappa shape index (κ3) is 3.63. The third-order valence-electron chi connectivity index (χ3n) is 4.45. The molecule has 2 aromatic carbocycles. The van der Waals surface area contributed by atoms with Gasteiger partial charge in [-0.25, -0.2) is 0 Å². The lowest BCUT2D eigenvalue weighted by Crippen LogP contribution is -2.21. The predicted molar refractivity (Wildman–Crippen MR) is 99.3 cm³/mol. The number of aromatic hydroxyl groups is 1. The van der Waals surface area contributed by atoms with Crippen molar-refractivity contribution in [3.05, 3.63) is 58.7 Å². The Morgan fingerprint density at radius 1 is 0.962 bits per heavy atom. The molecule has 5 nitrogen and oxygen atoms in total. The second kappa shape index (κ2) is 8.15. The van der Waals surface area contributed by atoms with E-state index in [-0.39, 0.29) is 28.4 Å². The average molecular weight is 353 g/mol. The van der Waals surface area contributed by atoms with Crippen LogP contribution in [0.3, 0.4) is 0 Å². The number of rotatable bonds is 8. The van der Waals surface area contributed by atoms with Crippen LogP contribution in [-0.2, 0) is 0 Å². The van der Waals surface area contributed by atoms with Crippen molar-refractivity contribution in [2.24, 2.45) is 0 Å². The van der Waals surface area contributed by atoms with Gasteiger partial charge in [0.2, 0.25) is 0 Å². The Morgan fingerprint density at radius 3 is 2.38 bits per heavy atom. The molecule has 0 aliphatic heterocycles. The highest BCUT2D eigenvalue weighted by atomic mass is 16.5. The van der Waals surface area contributed by atoms with E-state index in [0.29, 0.717) is 23.5 Å². The smallest absolute Gasteiger partial charge is 0.198 e. The number of nitrogens with one attached hydrogen (secondary N) is 1. The van der Waals surface area contributed by atoms with Crippen LogP contribution in [0.4, 0.5) is 0 Å². The van der Waals surface area contributed by atoms with Crippen LogP contribution < -0.4 is 10.1 Å². The first-order chi connectivity index (χ1) is 12.6. The van der Waals surface area contributed by atoms with Crippen LogP contribution in [0.15, 0.2) is 36.4 Å². The summed E-state index contributed by atoms with van der Waals surface area (Å²) >= 11 is 0. The summed E-state index contributed by atoms with van der Waals surface area (Å²) in [5, 5.41) is 13.6. The van der Waals surface area contributed by atoms with Gasteiger partial charge in [0.15, 0.2) is 11.6 Å². The maximum Gasteiger partial charge on any atom is 0.198 e. The lowest BCUT2D eigenvalue weighted by Gasteiger charge is -2.19. The number of unbranched alkanes of at least 4 members (excludes halogenated alkanes) is 1. The Hall–Kier alpha value is -2.66. The van der Waals surface area contributed by atoms with Crippen molar-refractivity contribution in [1.82, 2.24) is 5.32 Å². The fourth-order valence-corrected chi connectivity index (χ4v) is 3.07. The molecule has 0 bridgehead atoms. The van der Waals surface area contributed by atoms with Gasteiger partial charge in [0.05, 0.1) is 12.2 Å². The summed E-state index contributed by atoms with van der Waals surface area (Å²) in [6, 6.07) is 9.62. The highest BCUT2D eigenvalue weighted by Gasteiger charge is 2.32. The van der Waals surface area contributed by atoms with E-state index in [9.17, 15) is 14.7 Å². The molecule has 26 heavy (non-hydrogen) atoms. The molecule has 0 saturated heterocycles. The summed E-state index contributed by atoms with van der Waals surface area (Å²) in [6.45, 7) is 4.46. The van der Waals surface area contributed by atoms with E-state index in [1.54, 1.807) is 30.3 Å². The highest BCUT2D eigenvalue weighted by Crippen LogP contribution is 2.35. The van der Waals surface area contributed by atoms with Crippen LogP contribution >= 0.6 is 0 Å². The first-order valence-corrected chi connectivity index (χ1v) is 9.02. The number of carbonyl (C=O) groups is 2. The minimum Gasteiger partial charge on any atom is -0.507 e. The van der Waals surface area contributed by atoms with E-state index in [1.807, 2.05) is 0 Å². The van der Waals surface area contributed by atoms with E-state index >= 15 is 0 Å². The topological polar surface area (TPSA) is 75.6 Å². The van der Waals surface area contributed by atoms with Crippen molar-refractivity contribution in [1.29, 1.82) is 0 Å². The Morgan fingerprint density at radius 2 is 1.65 bits per heavy atom. The Labute approximate surface area is 153 Å². The van der Waals surface area contributed by atoms with Gasteiger partial charge in [-0.15, -0.1) is 0 Å². The second-order valence-corrected chi connectivity index (χ2v) is 6.37. The second-order valence-electron chi connectivity index (χ2n) is 6.37. The van der Waals surface area contributed by atoms with Crippen LogP contribution in [0.25, 0.3) is 0 Å². The summed E-state index contributed by atoms with van der Waals surface area (Å²) in [5.74, 6) is -0.418. The molecule has 136 valence electrons. The minimum absolute atomic E-state index is 0.0577. The molecule has 0 saturated carbocycles. The number of hydrogen-bond donors (Lipinski definition) is 2. The first kappa shape index (κ1) is 18.1. The summed E-state index contributed by atoms with van der Waals surface area (Å²) in [4.78, 5) is 25.3. The normalized spacial score (nSPS) is 12.7. The summed E-state index contributed by atoms with van der Waals surface area (Å²) in [7, 11) is 0. The Balaban J connectivity index is 1.71. The van der Waals surface area contributed by atoms with E-state index in [2.05, 4.69) is 12.2 Å². The van der Waals surface area contributed by atoms with Crippen molar-refractivity contribution < 1.29 is 19.4 Å². The zero-order chi connectivity index (χ0) is 18.5. The van der Waals surface area contributed by atoms with Crippen molar-refractivity contribution in [3.8, 4) is 11.5 Å². The molecule has 0 amide bonds. The molecule has 0 fully saturated rings. The van der Waals surface area contributed by atoms with Crippen LogP contribution in [0, 0.1) is 0 Å². The Kier molecular flexibility index (Phi) is 5.68. The van der Waals surface area contributed by atoms with Crippen molar-refractivity contribution in [3.63, 3.8) is 0 Å². The summed E-state index contributed by atoms with van der Waals surface area (Å²) < 4.78 is 5.67. The number of hydrogen-bond acceptors (Lipinski definition) is 5. The standard InChI is InChI=1S/C21H23NO4/c1-2-3-9-22-10-6-11-26-14-12-17-19(18(23)13-14)21(25)16-8-5-4-7-15(16)20(17)24/h4-5,7-8,12-13,22-23H,2-3,6,9-11H2,1H3. The van der Waals surface area contributed by atoms with Crippen LogP contribution in [0.2, 0.25) is 0 Å². The SMILES string of the molecule is CCCCNCCCOc1cc(O)c2c(c1)C(=O)c1ccccc1C2=O. The fraction of sp³-hybridized carbons (Fsp3) is 0.333. The van der Waals surface area contributed by atoms with Gasteiger partial charge >= 0.3 is 0 Å². The molecule has 2 aromatic rings. The predicted octanol–water partition coefficient (Wildman–Crippen LogP) is 3.33. The van der Waals surface area contributed by atoms with Gasteiger partial charge in [0.25, 0.3) is 0 Å². The maximum atomic E-state index is 12.7. The Bertz CT molecular complexity index is 829. The quantitative estimate of drug-likeness (QED) is 0.608. The molecular formula is C21H23NO4. The van der Waals surface area contributed by atoms with E-state index in [1.165, 1.54) is 6.07 Å². The van der Waals surface area contributed by atoms with Crippen LogP contribution in [0.5, 0.6) is 11.5 Å². The number of fused-ring (bicyclic) bond motifs is 2. The van der Waals surface area contributed by atoms with Crippen molar-refractivity contribution >= 4 is 11.6 Å². The lowest BCUT2D eigenvalue weighted by atomic mass is 9.83. The summed E-state index contributed by atoms with van der Waals surface area (Å²) in [6.07, 6.45) is 3.13. The van der Waals surface area contributed by atoms with Crippen LogP contribution in [0.1, 0.15) is 58.0 Å². The number of phenolic OH excluding ortho intramolecular Hbond substituents is 1. The molecule has 5 heteroatoms. The average Bonchev–Trinajstić information content (AvgIpc) is 2.65. The third-order valence-corrected chi connectivity index (χ3v) is 4.45. The number of ether oxygens (including phenoxy) is 1. The molecular weight excluding hydrogens is 330 g/mol. The van der Waals surface area contributed by atoms with Gasteiger partial charge in [-0.1, -0.05) is 37.6 Å². The van der Waals surface area contributed by atoms with E-state index < -0.39 is 0 Å². The molecule has 0 radical (unpaired) electrons. The van der Waals surface area contributed by atoms with Gasteiger partial charge in [0, 0.05) is 22.8 Å². The number of ketones is 2. The maximum absolute atomic E-state index is 12.7. The molecule has 0 spiro atoms. The van der Waals surface area contributed by atoms with Gasteiger partial charge < -0.3 is 15.2 Å². The molecule has 0 unspecified atom stereocenters. The first-order valence-electron chi connectivity index (χ1n) is 9.02. The van der Waals surface area contributed by atoms with Gasteiger partial charge in [-0.05, 0) is 32.0 Å². The minimum atomic E-state index is -0.334. The lowest BCUT2D eigenvalue weighted by molar-refractivity contribution is 0.0976. The highest BCUT2D eigenvalue weighted by molar-refractivity contribution is 6.29. The van der Waals surface area contributed by atoms with Gasteiger partial charge in [-0.3, -0.25) is 9.59 Å². The van der Waals surface area contributed by atoms with Crippen molar-refractivity contribution in [2.75, 3.05) is 19.7 Å². The molecule has 1 aliphatic rings. The van der Waals surface area contributed by atoms with Gasteiger partial charge in [0.1, 0.15) is 11.5 Å². The number of benzene rings is 2. The fourth-order valence-electron chi connectivity index (χ4n) is 3.07. The van der Waals surface area contributed by atoms with E-state index in [0.717, 1.165) is 32.4 Å². The molecule has 1 aliphatic carbocycles. The molecule has 0 atom stereocenters. The van der Waals surface area contributed by atoms with Crippen molar-refractivity contribution in [2.45, 2.75) is 26.2 Å². The molecule has 0 aromatic heterocycles. The number of carbonyl (C=O) groups excluding carboxylic acids is 2. The molecule has 0 heterocycles. The molecule has 3 rings (SSSR count). The van der Waals surface area contributed by atoms with Crippen LogP contribution in [-0.4, -0.2) is 36.4 Å². The molecule has 2 N–H and O–H groups in total. The largest absolute Gasteiger partial charge is 0.507 e. The monoisotopic (exact) mass is 353 g/mol. The zero-order valence-electron chi connectivity index (χ0n) is 14.9. The zero-order valence-corrected chi connectivity index (χ0v) is 14.9. The summed E-state index contributed by atoms with van der Waals surface area (Å²) in [5.41, 5.74) is 0.945. The van der Waals surface area contributed by atoms with Gasteiger partial charge in [-0.2, -0.15) is 0 Å². The number of phenols is 1.